The van der Waals surface area contributed by atoms with Gasteiger partial charge in [0.2, 0.25) is 12.1 Å². The maximum atomic E-state index is 11.1. The highest BCUT2D eigenvalue weighted by atomic mass is 35.5. The highest BCUT2D eigenvalue weighted by molar-refractivity contribution is 6.28. The second-order valence-corrected chi connectivity index (χ2v) is 9.10. The lowest BCUT2D eigenvalue weighted by Crippen LogP contribution is -2.22. The maximum absolute atomic E-state index is 11.1. The van der Waals surface area contributed by atoms with Crippen molar-refractivity contribution in [2.75, 3.05) is 31.9 Å². The first-order valence-corrected chi connectivity index (χ1v) is 12.0. The largest absolute Gasteiger partial charge is 0.494 e. The molecule has 9 heteroatoms. The van der Waals surface area contributed by atoms with E-state index in [0.29, 0.717) is 18.9 Å². The van der Waals surface area contributed by atoms with Gasteiger partial charge in [0.15, 0.2) is 11.5 Å². The number of carboxylic acid groups (broad SMARTS) is 1. The summed E-state index contributed by atoms with van der Waals surface area (Å²) in [4.78, 5) is 21.8. The minimum atomic E-state index is -0.751. The Kier molecular flexibility index (Phi) is 6.63. The van der Waals surface area contributed by atoms with Crippen molar-refractivity contribution in [3.8, 4) is 28.4 Å². The standard InChI is InChI=1S/C26H26ClN3O5/c1-30(9-2-10-33-19-6-7-20-16(11-19)3-4-18(20)13-24(31)32)25-21(14-28-26(27)29-25)17-5-8-22-23(12-17)35-15-34-22/h5-8,11-12,14,18H,2-4,9-10,13,15H2,1H3,(H,31,32)/t18-/m0/s1. The molecule has 0 bridgehead atoms. The summed E-state index contributed by atoms with van der Waals surface area (Å²) >= 11 is 6.12. The summed E-state index contributed by atoms with van der Waals surface area (Å²) in [5, 5.41) is 9.29. The molecule has 35 heavy (non-hydrogen) atoms. The van der Waals surface area contributed by atoms with E-state index in [-0.39, 0.29) is 24.4 Å². The minimum absolute atomic E-state index is 0.101. The maximum Gasteiger partial charge on any atom is 0.303 e. The Morgan fingerprint density at radius 2 is 2.09 bits per heavy atom. The highest BCUT2D eigenvalue weighted by Gasteiger charge is 2.25. The summed E-state index contributed by atoms with van der Waals surface area (Å²) in [5.41, 5.74) is 4.10. The van der Waals surface area contributed by atoms with Gasteiger partial charge in [-0.25, -0.2) is 4.98 Å². The van der Waals surface area contributed by atoms with Crippen LogP contribution in [0.25, 0.3) is 11.1 Å². The zero-order valence-corrected chi connectivity index (χ0v) is 20.1. The number of rotatable bonds is 9. The Bertz CT molecular complexity index is 1250. The van der Waals surface area contributed by atoms with Gasteiger partial charge in [-0.3, -0.25) is 4.79 Å². The molecule has 1 aliphatic heterocycles. The van der Waals surface area contributed by atoms with Gasteiger partial charge < -0.3 is 24.2 Å². The molecule has 1 aromatic heterocycles. The van der Waals surface area contributed by atoms with E-state index in [1.807, 2.05) is 48.3 Å². The zero-order valence-electron chi connectivity index (χ0n) is 19.4. The Labute approximate surface area is 208 Å². The van der Waals surface area contributed by atoms with Crippen LogP contribution in [0.2, 0.25) is 5.28 Å². The molecule has 1 atom stereocenters. The number of aliphatic carboxylic acids is 1. The monoisotopic (exact) mass is 495 g/mol. The summed E-state index contributed by atoms with van der Waals surface area (Å²) in [6.07, 6.45) is 4.45. The summed E-state index contributed by atoms with van der Waals surface area (Å²) in [5.74, 6) is 2.31. The summed E-state index contributed by atoms with van der Waals surface area (Å²) in [6, 6.07) is 11.7. The van der Waals surface area contributed by atoms with Crippen molar-refractivity contribution in [1.29, 1.82) is 0 Å². The third-order valence-corrected chi connectivity index (χ3v) is 6.61. The fourth-order valence-electron chi connectivity index (χ4n) is 4.70. The number of hydrogen-bond acceptors (Lipinski definition) is 7. The molecule has 1 N–H and O–H groups in total. The number of halogens is 1. The van der Waals surface area contributed by atoms with Crippen LogP contribution in [0, 0.1) is 0 Å². The SMILES string of the molecule is CN(CCCOc1ccc2c(c1)CC[C@H]2CC(=O)O)c1nc(Cl)ncc1-c1ccc2c(c1)OCO2. The molecule has 0 unspecified atom stereocenters. The molecule has 0 radical (unpaired) electrons. The lowest BCUT2D eigenvalue weighted by Gasteiger charge is -2.21. The number of carbonyl (C=O) groups is 1. The highest BCUT2D eigenvalue weighted by Crippen LogP contribution is 2.39. The van der Waals surface area contributed by atoms with E-state index in [9.17, 15) is 4.79 Å². The van der Waals surface area contributed by atoms with E-state index in [1.54, 1.807) is 6.20 Å². The van der Waals surface area contributed by atoms with E-state index in [2.05, 4.69) is 9.97 Å². The Morgan fingerprint density at radius 3 is 2.94 bits per heavy atom. The Hall–Kier alpha value is -3.52. The van der Waals surface area contributed by atoms with E-state index in [0.717, 1.165) is 53.3 Å². The molecule has 0 fully saturated rings. The van der Waals surface area contributed by atoms with Crippen LogP contribution in [-0.2, 0) is 11.2 Å². The summed E-state index contributed by atoms with van der Waals surface area (Å²) in [6.45, 7) is 1.46. The third-order valence-electron chi connectivity index (χ3n) is 6.43. The average molecular weight is 496 g/mol. The predicted molar refractivity (Wildman–Crippen MR) is 132 cm³/mol. The lowest BCUT2D eigenvalue weighted by atomic mass is 9.98. The molecule has 0 saturated carbocycles. The normalized spacial score (nSPS) is 15.7. The number of fused-ring (bicyclic) bond motifs is 2. The van der Waals surface area contributed by atoms with Gasteiger partial charge in [0.05, 0.1) is 13.0 Å². The summed E-state index contributed by atoms with van der Waals surface area (Å²) in [7, 11) is 1.97. The molecule has 3 aromatic rings. The molecule has 2 aliphatic rings. The Morgan fingerprint density at radius 1 is 1.23 bits per heavy atom. The number of aromatic nitrogens is 2. The van der Waals surface area contributed by atoms with Crippen LogP contribution in [0.3, 0.4) is 0 Å². The quantitative estimate of drug-likeness (QED) is 0.329. The second-order valence-electron chi connectivity index (χ2n) is 8.76. The van der Waals surface area contributed by atoms with E-state index < -0.39 is 5.97 Å². The predicted octanol–water partition coefficient (Wildman–Crippen LogP) is 4.94. The average Bonchev–Trinajstić information content (AvgIpc) is 3.47. The van der Waals surface area contributed by atoms with E-state index in [1.165, 1.54) is 5.56 Å². The van der Waals surface area contributed by atoms with Crippen LogP contribution >= 0.6 is 11.6 Å². The number of anilines is 1. The number of ether oxygens (including phenoxy) is 3. The smallest absolute Gasteiger partial charge is 0.303 e. The second kappa shape index (κ2) is 10.00. The van der Waals surface area contributed by atoms with Crippen molar-refractivity contribution < 1.29 is 24.1 Å². The molecular formula is C26H26ClN3O5. The Balaban J connectivity index is 1.20. The van der Waals surface area contributed by atoms with Gasteiger partial charge in [-0.15, -0.1) is 0 Å². The molecular weight excluding hydrogens is 470 g/mol. The van der Waals surface area contributed by atoms with Crippen molar-refractivity contribution in [3.63, 3.8) is 0 Å². The van der Waals surface area contributed by atoms with Crippen molar-refractivity contribution in [1.82, 2.24) is 9.97 Å². The molecule has 182 valence electrons. The van der Waals surface area contributed by atoms with Crippen LogP contribution in [0.5, 0.6) is 17.2 Å². The number of carboxylic acids is 1. The number of nitrogens with zero attached hydrogens (tertiary/aromatic N) is 3. The molecule has 1 aliphatic carbocycles. The lowest BCUT2D eigenvalue weighted by molar-refractivity contribution is -0.137. The van der Waals surface area contributed by atoms with E-state index >= 15 is 0 Å². The van der Waals surface area contributed by atoms with Gasteiger partial charge in [-0.1, -0.05) is 12.1 Å². The van der Waals surface area contributed by atoms with Gasteiger partial charge >= 0.3 is 5.97 Å². The van der Waals surface area contributed by atoms with Gasteiger partial charge in [0, 0.05) is 25.4 Å². The van der Waals surface area contributed by atoms with Gasteiger partial charge in [0.25, 0.3) is 0 Å². The zero-order chi connectivity index (χ0) is 24.4. The molecule has 5 rings (SSSR count). The summed E-state index contributed by atoms with van der Waals surface area (Å²) < 4.78 is 16.9. The van der Waals surface area contributed by atoms with Crippen LogP contribution in [0.4, 0.5) is 5.82 Å². The van der Waals surface area contributed by atoms with Gasteiger partial charge in [0.1, 0.15) is 11.6 Å². The molecule has 0 spiro atoms. The van der Waals surface area contributed by atoms with Crippen molar-refractivity contribution in [2.24, 2.45) is 0 Å². The minimum Gasteiger partial charge on any atom is -0.494 e. The van der Waals surface area contributed by atoms with E-state index in [4.69, 9.17) is 30.9 Å². The van der Waals surface area contributed by atoms with Crippen molar-refractivity contribution in [2.45, 2.75) is 31.6 Å². The van der Waals surface area contributed by atoms with Crippen LogP contribution in [0.15, 0.2) is 42.6 Å². The number of benzene rings is 2. The van der Waals surface area contributed by atoms with Crippen LogP contribution < -0.4 is 19.1 Å². The first-order valence-electron chi connectivity index (χ1n) is 11.6. The first-order chi connectivity index (χ1) is 17.0. The molecule has 0 saturated heterocycles. The fourth-order valence-corrected chi connectivity index (χ4v) is 4.83. The van der Waals surface area contributed by atoms with Crippen LogP contribution in [0.1, 0.15) is 36.3 Å². The molecule has 2 heterocycles. The van der Waals surface area contributed by atoms with Gasteiger partial charge in [-0.05, 0) is 77.7 Å². The van der Waals surface area contributed by atoms with Crippen molar-refractivity contribution >= 4 is 23.4 Å². The van der Waals surface area contributed by atoms with Gasteiger partial charge in [-0.2, -0.15) is 4.98 Å². The topological polar surface area (TPSA) is 94.0 Å². The molecule has 0 amide bonds. The van der Waals surface area contributed by atoms with Crippen LogP contribution in [-0.4, -0.2) is 48.0 Å². The molecule has 2 aromatic carbocycles. The number of aryl methyl sites for hydroxylation is 1. The molecule has 8 nitrogen and oxygen atoms in total. The fraction of sp³-hybridized carbons (Fsp3) is 0.346. The third kappa shape index (κ3) is 5.12. The first kappa shape index (κ1) is 23.2. The van der Waals surface area contributed by atoms with Crippen molar-refractivity contribution in [3.05, 3.63) is 59.0 Å². The number of hydrogen-bond donors (Lipinski definition) is 1.